The first kappa shape index (κ1) is 63.7. The van der Waals surface area contributed by atoms with Crippen molar-refractivity contribution in [3.05, 3.63) is 12.7 Å². The summed E-state index contributed by atoms with van der Waals surface area (Å²) in [6.07, 6.45) is 0.890. The molecule has 0 radical (unpaired) electrons. The lowest BCUT2D eigenvalue weighted by Crippen LogP contribution is -2.58. The maximum absolute atomic E-state index is 13.3. The molecular formula is C48H78N7O20P3S. The Balaban J connectivity index is 0.774. The molecule has 0 bridgehead atoms. The molecule has 446 valence electrons. The first-order chi connectivity index (χ1) is 36.8. The number of carbonyl (C=O) groups excluding carboxylic acids is 4. The smallest absolute Gasteiger partial charge is 0.393 e. The fraction of sp³-hybridized carbons (Fsp3) is 0.812. The normalized spacial score (nSPS) is 33.6. The Kier molecular flexibility index (Phi) is 20.3. The number of Topliss-reactive ketones (excluding diaryl/α,β-unsaturated/α-hetero) is 1. The lowest BCUT2D eigenvalue weighted by molar-refractivity contribution is -0.174. The van der Waals surface area contributed by atoms with E-state index in [4.69, 9.17) is 19.5 Å². The topological polar surface area (TPSA) is 421 Å². The highest BCUT2D eigenvalue weighted by Gasteiger charge is 2.63. The number of thioether (sulfide) groups is 1. The Morgan fingerprint density at radius 3 is 2.30 bits per heavy atom. The number of imidazole rings is 1. The molecule has 1 aliphatic heterocycles. The van der Waals surface area contributed by atoms with Crippen molar-refractivity contribution < 1.29 is 95.5 Å². The van der Waals surface area contributed by atoms with Gasteiger partial charge >= 0.3 is 23.5 Å². The molecule has 2 aromatic rings. The van der Waals surface area contributed by atoms with Crippen LogP contribution in [0.4, 0.5) is 5.82 Å². The first-order valence-electron chi connectivity index (χ1n) is 26.7. The van der Waals surface area contributed by atoms with Crippen LogP contribution in [0.25, 0.3) is 11.2 Å². The van der Waals surface area contributed by atoms with Gasteiger partial charge < -0.3 is 61.1 Å². The largest absolute Gasteiger partial charge is 0.481 e. The third-order valence-corrected chi connectivity index (χ3v) is 22.0. The molecule has 2 amide bonds. The van der Waals surface area contributed by atoms with Crippen LogP contribution in [0.3, 0.4) is 0 Å². The molecular weight excluding hydrogens is 1120 g/mol. The number of aliphatic hydroxyl groups is 4. The SMILES string of the molecule is CC(C(=O)CC[C@@H](C)[C@H]1CC[C@H]2[C@@H]3[C@H](O)C[C@@H]4C[C@H](O)CC[C@]4(C)[C@H]3CC[C@]12C)C(=O)SCCNC(=O)CCNC(=O)[C@H](O)C(C)(C)COP(=O)(O)OP(=O)(O)OC[C@H]1O[C@@H](n2cnc3c(N)ncnc32)C(O)[C@H]1OP(=O)(O)O. The van der Waals surface area contributed by atoms with Crippen molar-refractivity contribution in [2.24, 2.45) is 57.7 Å². The van der Waals surface area contributed by atoms with Gasteiger partial charge in [0.1, 0.15) is 42.0 Å². The molecule has 5 fully saturated rings. The van der Waals surface area contributed by atoms with Gasteiger partial charge in [0.15, 0.2) is 22.8 Å². The number of nitrogens with one attached hydrogen (secondary N) is 2. The zero-order valence-corrected chi connectivity index (χ0v) is 48.6. The third-order valence-electron chi connectivity index (χ3n) is 17.8. The summed E-state index contributed by atoms with van der Waals surface area (Å²) in [5.41, 5.74) is 4.45. The van der Waals surface area contributed by atoms with E-state index in [2.05, 4.69) is 55.2 Å². The van der Waals surface area contributed by atoms with E-state index in [0.29, 0.717) is 30.1 Å². The van der Waals surface area contributed by atoms with Gasteiger partial charge in [-0.25, -0.2) is 28.6 Å². The number of aromatic nitrogens is 4. The molecule has 18 atom stereocenters. The molecule has 5 aliphatic rings. The number of phosphoric acid groups is 3. The second-order valence-electron chi connectivity index (χ2n) is 23.4. The summed E-state index contributed by atoms with van der Waals surface area (Å²) in [5, 5.41) is 48.4. The van der Waals surface area contributed by atoms with Gasteiger partial charge in [-0.1, -0.05) is 46.4 Å². The zero-order valence-electron chi connectivity index (χ0n) is 45.1. The highest BCUT2D eigenvalue weighted by Crippen LogP contribution is 2.68. The van der Waals surface area contributed by atoms with Crippen molar-refractivity contribution in [3.63, 3.8) is 0 Å². The zero-order chi connectivity index (χ0) is 58.2. The number of phosphoric ester groups is 3. The fourth-order valence-corrected chi connectivity index (χ4v) is 17.1. The molecule has 31 heteroatoms. The molecule has 4 unspecified atom stereocenters. The molecule has 27 nitrogen and oxygen atoms in total. The van der Waals surface area contributed by atoms with E-state index in [1.54, 1.807) is 6.92 Å². The number of hydrogen-bond acceptors (Lipinski definition) is 21. The number of anilines is 1. The molecule has 79 heavy (non-hydrogen) atoms. The molecule has 1 saturated heterocycles. The van der Waals surface area contributed by atoms with E-state index in [1.165, 1.54) is 13.8 Å². The Hall–Kier alpha value is -2.85. The van der Waals surface area contributed by atoms with Crippen LogP contribution in [-0.4, -0.2) is 151 Å². The molecule has 7 rings (SSSR count). The number of fused-ring (bicyclic) bond motifs is 6. The van der Waals surface area contributed by atoms with Crippen LogP contribution in [0.1, 0.15) is 118 Å². The van der Waals surface area contributed by atoms with Crippen molar-refractivity contribution in [1.82, 2.24) is 30.2 Å². The van der Waals surface area contributed by atoms with Gasteiger partial charge in [-0.2, -0.15) is 4.31 Å². The van der Waals surface area contributed by atoms with E-state index >= 15 is 0 Å². The van der Waals surface area contributed by atoms with Crippen molar-refractivity contribution in [2.45, 2.75) is 155 Å². The molecule has 0 spiro atoms. The number of nitrogens with zero attached hydrogens (tertiary/aromatic N) is 4. The molecule has 2 aromatic heterocycles. The quantitative estimate of drug-likeness (QED) is 0.0386. The van der Waals surface area contributed by atoms with E-state index in [0.717, 1.165) is 80.4 Å². The lowest BCUT2D eigenvalue weighted by atomic mass is 9.43. The Bertz CT molecular complexity index is 2690. The van der Waals surface area contributed by atoms with Gasteiger partial charge in [0.05, 0.1) is 37.7 Å². The van der Waals surface area contributed by atoms with Crippen molar-refractivity contribution >= 4 is 74.9 Å². The Morgan fingerprint density at radius 2 is 1.59 bits per heavy atom. The number of carbonyl (C=O) groups is 4. The number of ketones is 1. The maximum atomic E-state index is 13.3. The number of aliphatic hydroxyl groups excluding tert-OH is 4. The summed E-state index contributed by atoms with van der Waals surface area (Å²) in [4.78, 5) is 103. The van der Waals surface area contributed by atoms with Crippen LogP contribution in [-0.2, 0) is 55.5 Å². The van der Waals surface area contributed by atoms with E-state index < -0.39 is 90.5 Å². The van der Waals surface area contributed by atoms with Crippen LogP contribution < -0.4 is 16.4 Å². The number of nitrogens with two attached hydrogens (primary N) is 1. The summed E-state index contributed by atoms with van der Waals surface area (Å²) in [5.74, 6) is -0.152. The van der Waals surface area contributed by atoms with E-state index in [-0.39, 0.29) is 94.4 Å². The Labute approximate surface area is 462 Å². The second-order valence-corrected chi connectivity index (χ2v) is 28.7. The summed E-state index contributed by atoms with van der Waals surface area (Å²) in [6, 6.07) is 0. The standard InChI is InChI=1S/C48H78N7O20P3S/c1-25(29-8-9-30-36-31(12-15-48(29,30)6)47(5)14-11-28(56)19-27(47)20-33(36)58)7-10-32(57)26(2)45(63)79-18-17-50-35(59)13-16-51-43(62)40(61)46(3,4)22-72-78(69,70)75-77(67,68)71-21-34-39(74-76(64,65)66)38(60)44(73-34)55-24-54-37-41(49)52-23-53-42(37)55/h23-31,33-34,36,38-40,44,56,58,60-61H,7-22H2,1-6H3,(H,50,59)(H,51,62)(H,67,68)(H,69,70)(H2,49,52,53)(H2,64,65,66)/t25-,26?,27+,28-,29-,30+,31+,33-,34-,36+,38?,39+,40+,44-,47+,48-/m1/s1. The monoisotopic (exact) mass is 1200 g/mol. The van der Waals surface area contributed by atoms with Crippen LogP contribution in [0.2, 0.25) is 0 Å². The summed E-state index contributed by atoms with van der Waals surface area (Å²) in [6.45, 7) is 8.89. The van der Waals surface area contributed by atoms with Crippen LogP contribution in [0.5, 0.6) is 0 Å². The minimum Gasteiger partial charge on any atom is -0.393 e. The highest BCUT2D eigenvalue weighted by atomic mass is 32.2. The predicted octanol–water partition coefficient (Wildman–Crippen LogP) is 3.28. The minimum atomic E-state index is -5.61. The predicted molar refractivity (Wildman–Crippen MR) is 282 cm³/mol. The van der Waals surface area contributed by atoms with E-state index in [9.17, 15) is 72.9 Å². The molecule has 4 saturated carbocycles. The molecule has 0 aromatic carbocycles. The molecule has 3 heterocycles. The van der Waals surface area contributed by atoms with Gasteiger partial charge in [-0.05, 0) is 111 Å². The van der Waals surface area contributed by atoms with Gasteiger partial charge in [0, 0.05) is 37.1 Å². The minimum absolute atomic E-state index is 0.0217. The van der Waals surface area contributed by atoms with Gasteiger partial charge in [0.2, 0.25) is 11.8 Å². The van der Waals surface area contributed by atoms with Gasteiger partial charge in [-0.15, -0.1) is 0 Å². The van der Waals surface area contributed by atoms with Crippen LogP contribution in [0.15, 0.2) is 12.7 Å². The van der Waals surface area contributed by atoms with Gasteiger partial charge in [0.25, 0.3) is 0 Å². The fourth-order valence-electron chi connectivity index (χ4n) is 13.5. The van der Waals surface area contributed by atoms with E-state index in [1.807, 2.05) is 0 Å². The maximum Gasteiger partial charge on any atom is 0.481 e. The average molecular weight is 1200 g/mol. The average Bonchev–Trinajstić information content (AvgIpc) is 4.03. The summed E-state index contributed by atoms with van der Waals surface area (Å²) in [7, 11) is -16.5. The summed E-state index contributed by atoms with van der Waals surface area (Å²) >= 11 is 0.940. The number of hydrogen-bond donors (Lipinski definition) is 11. The van der Waals surface area contributed by atoms with Crippen LogP contribution in [0, 0.1) is 57.7 Å². The summed E-state index contributed by atoms with van der Waals surface area (Å²) < 4.78 is 62.7. The van der Waals surface area contributed by atoms with Gasteiger partial charge in [-0.3, -0.25) is 37.3 Å². The van der Waals surface area contributed by atoms with Crippen molar-refractivity contribution in [3.8, 4) is 0 Å². The number of amides is 2. The molecule has 12 N–H and O–H groups in total. The molecule has 4 aliphatic carbocycles. The van der Waals surface area contributed by atoms with Crippen LogP contribution >= 0.6 is 35.2 Å². The highest BCUT2D eigenvalue weighted by molar-refractivity contribution is 8.13. The van der Waals surface area contributed by atoms with Crippen molar-refractivity contribution in [1.29, 1.82) is 0 Å². The second kappa shape index (κ2) is 25.2. The van der Waals surface area contributed by atoms with Crippen molar-refractivity contribution in [2.75, 3.05) is 37.8 Å². The lowest BCUT2D eigenvalue weighted by Gasteiger charge is -2.62. The third kappa shape index (κ3) is 14.7. The first-order valence-corrected chi connectivity index (χ1v) is 32.2. The number of ether oxygens (including phenoxy) is 1. The Morgan fingerprint density at radius 1 is 0.911 bits per heavy atom. The number of rotatable bonds is 25. The number of nitrogen functional groups attached to an aromatic ring is 1.